The number of anilines is 2. The molecule has 2 aromatic heterocycles. The van der Waals surface area contributed by atoms with Gasteiger partial charge in [-0.2, -0.15) is 5.11 Å². The summed E-state index contributed by atoms with van der Waals surface area (Å²) in [5, 5.41) is 13.8. The zero-order chi connectivity index (χ0) is 14.8. The number of hydrogen-bond acceptors (Lipinski definition) is 6. The summed E-state index contributed by atoms with van der Waals surface area (Å²) in [7, 11) is 3.60. The summed E-state index contributed by atoms with van der Waals surface area (Å²) in [4.78, 5) is 4.25. The lowest BCUT2D eigenvalue weighted by Gasteiger charge is -2.07. The Labute approximate surface area is 121 Å². The molecule has 0 amide bonds. The molecule has 1 aromatic carbocycles. The molecule has 0 atom stereocenters. The summed E-state index contributed by atoms with van der Waals surface area (Å²) < 4.78 is 1.79. The lowest BCUT2D eigenvalue weighted by atomic mass is 10.1. The first-order valence-corrected chi connectivity index (χ1v) is 6.48. The smallest absolute Gasteiger partial charge is 0.240 e. The molecule has 0 aliphatic carbocycles. The largest absolute Gasteiger partial charge is 0.386 e. The molecule has 2 heterocycles. The van der Waals surface area contributed by atoms with Gasteiger partial charge in [-0.05, 0) is 23.8 Å². The minimum Gasteiger partial charge on any atom is -0.386 e. The Morgan fingerprint density at radius 2 is 2.05 bits per heavy atom. The van der Waals surface area contributed by atoms with Crippen LogP contribution in [0.4, 0.5) is 17.3 Å². The van der Waals surface area contributed by atoms with Crippen LogP contribution in [0.1, 0.15) is 0 Å². The van der Waals surface area contributed by atoms with E-state index in [-0.39, 0.29) is 0 Å². The van der Waals surface area contributed by atoms with E-state index in [1.807, 2.05) is 37.5 Å². The van der Waals surface area contributed by atoms with Crippen LogP contribution in [0.15, 0.2) is 41.8 Å². The van der Waals surface area contributed by atoms with Crippen molar-refractivity contribution in [3.05, 3.63) is 36.7 Å². The molecule has 0 fully saturated rings. The fourth-order valence-electron chi connectivity index (χ4n) is 2.26. The number of nitrogens with zero attached hydrogens (tertiary/aromatic N) is 4. The zero-order valence-corrected chi connectivity index (χ0v) is 11.8. The van der Waals surface area contributed by atoms with Crippen LogP contribution in [-0.4, -0.2) is 28.7 Å². The van der Waals surface area contributed by atoms with Crippen molar-refractivity contribution < 1.29 is 0 Å². The van der Waals surface area contributed by atoms with Gasteiger partial charge in [-0.3, -0.25) is 0 Å². The second-order valence-corrected chi connectivity index (χ2v) is 4.48. The van der Waals surface area contributed by atoms with E-state index < -0.39 is 0 Å². The van der Waals surface area contributed by atoms with E-state index in [0.29, 0.717) is 11.6 Å². The van der Waals surface area contributed by atoms with E-state index in [1.54, 1.807) is 17.8 Å². The third-order valence-electron chi connectivity index (χ3n) is 3.34. The van der Waals surface area contributed by atoms with E-state index in [2.05, 4.69) is 25.8 Å². The summed E-state index contributed by atoms with van der Waals surface area (Å²) in [5.41, 5.74) is 11.6. The third kappa shape index (κ3) is 2.18. The van der Waals surface area contributed by atoms with Gasteiger partial charge in [0.05, 0.1) is 17.4 Å². The molecule has 3 N–H and O–H groups in total. The van der Waals surface area contributed by atoms with E-state index in [4.69, 9.17) is 5.53 Å². The van der Waals surface area contributed by atoms with Gasteiger partial charge in [0, 0.05) is 25.9 Å². The van der Waals surface area contributed by atoms with E-state index >= 15 is 0 Å². The molecule has 0 bridgehead atoms. The molecule has 0 aliphatic rings. The van der Waals surface area contributed by atoms with Gasteiger partial charge in [-0.25, -0.2) is 15.0 Å². The van der Waals surface area contributed by atoms with Gasteiger partial charge >= 0.3 is 0 Å². The lowest BCUT2D eigenvalue weighted by Crippen LogP contribution is -2.00. The number of hydrogen-bond donors (Lipinski definition) is 3. The molecule has 0 saturated heterocycles. The summed E-state index contributed by atoms with van der Waals surface area (Å²) in [6, 6.07) is 7.72. The Morgan fingerprint density at radius 1 is 1.19 bits per heavy atom. The van der Waals surface area contributed by atoms with Crippen molar-refractivity contribution in [1.29, 1.82) is 5.53 Å². The van der Waals surface area contributed by atoms with Crippen LogP contribution in [0, 0.1) is 5.53 Å². The molecule has 0 spiro atoms. The average Bonchev–Trinajstić information content (AvgIpc) is 2.97. The molecule has 0 unspecified atom stereocenters. The average molecular weight is 281 g/mol. The normalized spacial score (nSPS) is 10.6. The molecule has 7 heteroatoms. The molecule has 21 heavy (non-hydrogen) atoms. The van der Waals surface area contributed by atoms with Gasteiger partial charge in [0.1, 0.15) is 5.69 Å². The van der Waals surface area contributed by atoms with Crippen LogP contribution >= 0.6 is 0 Å². The number of rotatable bonds is 4. The maximum Gasteiger partial charge on any atom is 0.240 e. The highest BCUT2D eigenvalue weighted by molar-refractivity contribution is 5.84. The van der Waals surface area contributed by atoms with Crippen molar-refractivity contribution in [2.45, 2.75) is 0 Å². The van der Waals surface area contributed by atoms with Crippen molar-refractivity contribution in [2.24, 2.45) is 5.11 Å². The molecule has 7 nitrogen and oxygen atoms in total. The fraction of sp³-hybridized carbons (Fsp3) is 0.143. The second-order valence-electron chi connectivity index (χ2n) is 4.48. The first kappa shape index (κ1) is 13.0. The van der Waals surface area contributed by atoms with Crippen molar-refractivity contribution in [1.82, 2.24) is 14.6 Å². The molecule has 0 radical (unpaired) electrons. The first-order valence-electron chi connectivity index (χ1n) is 6.48. The maximum atomic E-state index is 7.16. The summed E-state index contributed by atoms with van der Waals surface area (Å²) >= 11 is 0. The number of benzene rings is 1. The predicted octanol–water partition coefficient (Wildman–Crippen LogP) is 3.14. The molecule has 3 rings (SSSR count). The lowest BCUT2D eigenvalue weighted by molar-refractivity contribution is 0.909. The van der Waals surface area contributed by atoms with Crippen molar-refractivity contribution >= 4 is 22.8 Å². The van der Waals surface area contributed by atoms with Crippen molar-refractivity contribution in [2.75, 3.05) is 24.7 Å². The van der Waals surface area contributed by atoms with Gasteiger partial charge < -0.3 is 10.6 Å². The number of aromatic nitrogens is 3. The monoisotopic (exact) mass is 281 g/mol. The van der Waals surface area contributed by atoms with Crippen molar-refractivity contribution in [3.63, 3.8) is 0 Å². The highest BCUT2D eigenvalue weighted by Crippen LogP contribution is 2.32. The van der Waals surface area contributed by atoms with Gasteiger partial charge in [0.25, 0.3) is 0 Å². The van der Waals surface area contributed by atoms with Crippen molar-refractivity contribution in [3.8, 4) is 11.1 Å². The predicted molar refractivity (Wildman–Crippen MR) is 82.3 cm³/mol. The van der Waals surface area contributed by atoms with Gasteiger partial charge in [0.2, 0.25) is 5.95 Å². The molecule has 106 valence electrons. The zero-order valence-electron chi connectivity index (χ0n) is 11.8. The van der Waals surface area contributed by atoms with Gasteiger partial charge in [0.15, 0.2) is 0 Å². The Morgan fingerprint density at radius 3 is 2.76 bits per heavy atom. The Kier molecular flexibility index (Phi) is 3.23. The second kappa shape index (κ2) is 5.20. The van der Waals surface area contributed by atoms with E-state index in [9.17, 15) is 0 Å². The van der Waals surface area contributed by atoms with Gasteiger partial charge in [-0.1, -0.05) is 6.07 Å². The molecule has 0 aliphatic heterocycles. The highest BCUT2D eigenvalue weighted by atomic mass is 15.3. The minimum absolute atomic E-state index is 0.573. The first-order chi connectivity index (χ1) is 10.3. The number of fused-ring (bicyclic) bond motifs is 1. The van der Waals surface area contributed by atoms with Crippen LogP contribution in [0.2, 0.25) is 0 Å². The molecule has 0 saturated carbocycles. The number of nitrogens with one attached hydrogen (secondary N) is 3. The van der Waals surface area contributed by atoms with Crippen LogP contribution in [0.25, 0.3) is 16.6 Å². The third-order valence-corrected chi connectivity index (χ3v) is 3.34. The Hall–Kier alpha value is -2.96. The summed E-state index contributed by atoms with van der Waals surface area (Å²) in [5.74, 6) is 0.573. The fourth-order valence-corrected chi connectivity index (χ4v) is 2.26. The Balaban J connectivity index is 2.14. The van der Waals surface area contributed by atoms with Crippen LogP contribution in [0.5, 0.6) is 0 Å². The minimum atomic E-state index is 0.573. The molecular weight excluding hydrogens is 266 g/mol. The standard InChI is InChI=1S/C14H15N7/c1-16-12-7-9(3-4-11(12)19-15)10-5-6-21-13(10)8-18-14(17-2)20-21/h3-8,15-16H,1-2H3,(H,17,20). The van der Waals surface area contributed by atoms with Crippen LogP contribution < -0.4 is 10.6 Å². The quantitative estimate of drug-likeness (QED) is 0.641. The van der Waals surface area contributed by atoms with Crippen LogP contribution in [-0.2, 0) is 0 Å². The van der Waals surface area contributed by atoms with E-state index in [0.717, 1.165) is 22.3 Å². The summed E-state index contributed by atoms with van der Waals surface area (Å²) in [6.07, 6.45) is 3.69. The van der Waals surface area contributed by atoms with Gasteiger partial charge in [-0.15, -0.1) is 5.10 Å². The van der Waals surface area contributed by atoms with Crippen LogP contribution in [0.3, 0.4) is 0 Å². The van der Waals surface area contributed by atoms with E-state index in [1.165, 1.54) is 0 Å². The Bertz CT molecular complexity index is 806. The molecule has 3 aromatic rings. The molecular formula is C14H15N7. The highest BCUT2D eigenvalue weighted by Gasteiger charge is 2.09. The summed E-state index contributed by atoms with van der Waals surface area (Å²) in [6.45, 7) is 0. The topological polar surface area (TPSA) is 90.5 Å². The SMILES string of the molecule is CNc1ncc2c(-c3ccc(N=N)c(NC)c3)ccn2n1. The maximum absolute atomic E-state index is 7.16.